The number of aromatic nitrogens is 4. The lowest BCUT2D eigenvalue weighted by molar-refractivity contribution is -0.118. The standard InChI is InChI=1S/C21H20N6OS2/c1-12-5-2-3-7-15(12)27-19(18-17(22)14-6-4-10-23-20(14)30-18)25-26-21(27)29-11-16(28)24-13-8-9-13/h2-7,10,13H,8-9,11,22H2,1H3,(H,24,28). The van der Waals surface area contributed by atoms with E-state index in [0.717, 1.165) is 39.2 Å². The third-order valence-electron chi connectivity index (χ3n) is 4.97. The predicted octanol–water partition coefficient (Wildman–Crippen LogP) is 3.81. The van der Waals surface area contributed by atoms with E-state index >= 15 is 0 Å². The van der Waals surface area contributed by atoms with Crippen LogP contribution in [0.2, 0.25) is 0 Å². The molecule has 1 saturated carbocycles. The van der Waals surface area contributed by atoms with E-state index in [-0.39, 0.29) is 5.91 Å². The Bertz CT molecular complexity index is 1240. The van der Waals surface area contributed by atoms with Gasteiger partial charge >= 0.3 is 0 Å². The van der Waals surface area contributed by atoms with Gasteiger partial charge in [-0.2, -0.15) is 0 Å². The Morgan fingerprint density at radius 2 is 2.10 bits per heavy atom. The summed E-state index contributed by atoms with van der Waals surface area (Å²) in [7, 11) is 0. The van der Waals surface area contributed by atoms with Crippen LogP contribution in [0, 0.1) is 6.92 Å². The van der Waals surface area contributed by atoms with Crippen molar-refractivity contribution in [2.24, 2.45) is 0 Å². The van der Waals surface area contributed by atoms with Crippen LogP contribution in [-0.2, 0) is 4.79 Å². The number of nitrogens with zero attached hydrogens (tertiary/aromatic N) is 4. The topological polar surface area (TPSA) is 98.7 Å². The minimum absolute atomic E-state index is 0.0222. The lowest BCUT2D eigenvalue weighted by Gasteiger charge is -2.12. The number of benzene rings is 1. The van der Waals surface area contributed by atoms with Crippen molar-refractivity contribution in [3.63, 3.8) is 0 Å². The van der Waals surface area contributed by atoms with Crippen LogP contribution in [0.15, 0.2) is 47.8 Å². The van der Waals surface area contributed by atoms with Gasteiger partial charge in [-0.3, -0.25) is 9.36 Å². The maximum absolute atomic E-state index is 12.2. The number of pyridine rings is 1. The molecule has 7 nitrogen and oxygen atoms in total. The van der Waals surface area contributed by atoms with E-state index in [9.17, 15) is 4.79 Å². The van der Waals surface area contributed by atoms with E-state index in [1.807, 2.05) is 47.9 Å². The molecule has 0 radical (unpaired) electrons. The first-order chi connectivity index (χ1) is 14.6. The number of carbonyl (C=O) groups excluding carboxylic acids is 1. The zero-order valence-corrected chi connectivity index (χ0v) is 18.0. The first kappa shape index (κ1) is 19.1. The lowest BCUT2D eigenvalue weighted by Crippen LogP contribution is -2.27. The minimum atomic E-state index is 0.0222. The van der Waals surface area contributed by atoms with Crippen molar-refractivity contribution in [3.8, 4) is 16.4 Å². The molecule has 1 aliphatic carbocycles. The molecule has 3 heterocycles. The van der Waals surface area contributed by atoms with Crippen LogP contribution in [0.4, 0.5) is 5.69 Å². The molecule has 0 saturated heterocycles. The third-order valence-corrected chi connectivity index (χ3v) is 7.03. The van der Waals surface area contributed by atoms with Crippen LogP contribution in [0.1, 0.15) is 18.4 Å². The molecule has 30 heavy (non-hydrogen) atoms. The second kappa shape index (κ2) is 7.73. The molecular weight excluding hydrogens is 416 g/mol. The molecule has 0 aliphatic heterocycles. The molecule has 152 valence electrons. The van der Waals surface area contributed by atoms with Crippen LogP contribution in [0.5, 0.6) is 0 Å². The van der Waals surface area contributed by atoms with Gasteiger partial charge in [-0.15, -0.1) is 21.5 Å². The molecule has 3 N–H and O–H groups in total. The fourth-order valence-corrected chi connectivity index (χ4v) is 5.08. The summed E-state index contributed by atoms with van der Waals surface area (Å²) in [5.74, 6) is 0.980. The number of fused-ring (bicyclic) bond motifs is 1. The average molecular weight is 437 g/mol. The monoisotopic (exact) mass is 436 g/mol. The number of anilines is 1. The first-order valence-corrected chi connectivity index (χ1v) is 11.5. The van der Waals surface area contributed by atoms with Gasteiger partial charge in [0.15, 0.2) is 11.0 Å². The van der Waals surface area contributed by atoms with Gasteiger partial charge in [-0.05, 0) is 43.5 Å². The highest BCUT2D eigenvalue weighted by Crippen LogP contribution is 2.41. The number of carbonyl (C=O) groups is 1. The van der Waals surface area contributed by atoms with Crippen molar-refractivity contribution < 1.29 is 4.79 Å². The highest BCUT2D eigenvalue weighted by molar-refractivity contribution is 7.99. The molecule has 0 unspecified atom stereocenters. The van der Waals surface area contributed by atoms with Crippen LogP contribution in [0.25, 0.3) is 26.6 Å². The van der Waals surface area contributed by atoms with E-state index in [4.69, 9.17) is 5.73 Å². The first-order valence-electron chi connectivity index (χ1n) is 9.69. The van der Waals surface area contributed by atoms with Crippen molar-refractivity contribution in [1.82, 2.24) is 25.1 Å². The van der Waals surface area contributed by atoms with Crippen molar-refractivity contribution in [2.75, 3.05) is 11.5 Å². The zero-order valence-electron chi connectivity index (χ0n) is 16.3. The van der Waals surface area contributed by atoms with Crippen LogP contribution in [-0.4, -0.2) is 37.5 Å². The fraction of sp³-hybridized carbons (Fsp3) is 0.238. The molecule has 9 heteroatoms. The van der Waals surface area contributed by atoms with Crippen molar-refractivity contribution in [2.45, 2.75) is 31.0 Å². The molecule has 0 bridgehead atoms. The lowest BCUT2D eigenvalue weighted by atomic mass is 10.2. The minimum Gasteiger partial charge on any atom is -0.397 e. The van der Waals surface area contributed by atoms with Gasteiger partial charge in [-0.1, -0.05) is 30.0 Å². The summed E-state index contributed by atoms with van der Waals surface area (Å²) in [4.78, 5) is 18.3. The molecule has 3 aromatic heterocycles. The van der Waals surface area contributed by atoms with E-state index in [0.29, 0.717) is 28.5 Å². The maximum atomic E-state index is 12.2. The Morgan fingerprint density at radius 1 is 1.27 bits per heavy atom. The van der Waals surface area contributed by atoms with Crippen LogP contribution < -0.4 is 11.1 Å². The summed E-state index contributed by atoms with van der Waals surface area (Å²) in [6.07, 6.45) is 3.90. The molecule has 5 rings (SSSR count). The highest BCUT2D eigenvalue weighted by atomic mass is 32.2. The Morgan fingerprint density at radius 3 is 2.87 bits per heavy atom. The summed E-state index contributed by atoms with van der Waals surface area (Å²) < 4.78 is 1.99. The van der Waals surface area contributed by atoms with Gasteiger partial charge in [0, 0.05) is 17.6 Å². The molecular formula is C21H20N6OS2. The quantitative estimate of drug-likeness (QED) is 0.446. The average Bonchev–Trinajstić information content (AvgIpc) is 3.37. The van der Waals surface area contributed by atoms with Crippen molar-refractivity contribution in [3.05, 3.63) is 48.2 Å². The third kappa shape index (κ3) is 3.54. The summed E-state index contributed by atoms with van der Waals surface area (Å²) in [5.41, 5.74) is 9.16. The number of rotatable bonds is 6. The van der Waals surface area contributed by atoms with Gasteiger partial charge in [0.1, 0.15) is 4.83 Å². The van der Waals surface area contributed by atoms with E-state index < -0.39 is 0 Å². The van der Waals surface area contributed by atoms with Crippen molar-refractivity contribution >= 4 is 44.9 Å². The summed E-state index contributed by atoms with van der Waals surface area (Å²) in [5, 5.41) is 13.5. The summed E-state index contributed by atoms with van der Waals surface area (Å²) in [6, 6.07) is 12.2. The van der Waals surface area contributed by atoms with Gasteiger partial charge in [-0.25, -0.2) is 4.98 Å². The molecule has 4 aromatic rings. The predicted molar refractivity (Wildman–Crippen MR) is 121 cm³/mol. The number of nitrogen functional groups attached to an aromatic ring is 1. The maximum Gasteiger partial charge on any atom is 0.230 e. The smallest absolute Gasteiger partial charge is 0.230 e. The molecule has 1 amide bonds. The van der Waals surface area contributed by atoms with E-state index in [1.54, 1.807) is 6.20 Å². The number of para-hydroxylation sites is 1. The molecule has 0 atom stereocenters. The Kier molecular flexibility index (Phi) is 4.92. The van der Waals surface area contributed by atoms with Crippen molar-refractivity contribution in [1.29, 1.82) is 0 Å². The molecule has 1 aromatic carbocycles. The summed E-state index contributed by atoms with van der Waals surface area (Å²) in [6.45, 7) is 2.04. The van der Waals surface area contributed by atoms with Crippen LogP contribution >= 0.6 is 23.1 Å². The van der Waals surface area contributed by atoms with Crippen LogP contribution in [0.3, 0.4) is 0 Å². The molecule has 0 spiro atoms. The van der Waals surface area contributed by atoms with Gasteiger partial charge < -0.3 is 11.1 Å². The fourth-order valence-electron chi connectivity index (χ4n) is 3.29. The Labute approximate surface area is 181 Å². The SMILES string of the molecule is Cc1ccccc1-n1c(SCC(=O)NC2CC2)nnc1-c1sc2ncccc2c1N. The van der Waals surface area contributed by atoms with Gasteiger partial charge in [0.2, 0.25) is 5.91 Å². The number of aryl methyl sites for hydroxylation is 1. The number of nitrogens with one attached hydrogen (secondary N) is 1. The van der Waals surface area contributed by atoms with E-state index in [2.05, 4.69) is 20.5 Å². The van der Waals surface area contributed by atoms with Gasteiger partial charge in [0.05, 0.1) is 22.0 Å². The largest absolute Gasteiger partial charge is 0.397 e. The number of hydrogen-bond donors (Lipinski definition) is 2. The number of nitrogens with two attached hydrogens (primary N) is 1. The number of thiophene rings is 1. The number of thioether (sulfide) groups is 1. The van der Waals surface area contributed by atoms with E-state index in [1.165, 1.54) is 23.1 Å². The summed E-state index contributed by atoms with van der Waals surface area (Å²) >= 11 is 2.88. The Balaban J connectivity index is 1.58. The molecule has 1 fully saturated rings. The second-order valence-electron chi connectivity index (χ2n) is 7.26. The van der Waals surface area contributed by atoms with Gasteiger partial charge in [0.25, 0.3) is 0 Å². The zero-order chi connectivity index (χ0) is 20.7. The second-order valence-corrected chi connectivity index (χ2v) is 9.20. The number of hydrogen-bond acceptors (Lipinski definition) is 7. The Hall–Kier alpha value is -2.91. The highest BCUT2D eigenvalue weighted by Gasteiger charge is 2.25. The normalized spacial score (nSPS) is 13.6. The molecule has 1 aliphatic rings. The number of amides is 1.